The van der Waals surface area contributed by atoms with E-state index in [0.29, 0.717) is 0 Å². The fraction of sp³-hybridized carbons (Fsp3) is 1.00. The van der Waals surface area contributed by atoms with Crippen molar-refractivity contribution in [3.05, 3.63) is 0 Å². The lowest BCUT2D eigenvalue weighted by Crippen LogP contribution is -3.00. The summed E-state index contributed by atoms with van der Waals surface area (Å²) in [6, 6.07) is 0. The van der Waals surface area contributed by atoms with Crippen LogP contribution in [0.1, 0.15) is 91.9 Å². The Morgan fingerprint density at radius 3 is 0.974 bits per heavy atom. The van der Waals surface area contributed by atoms with E-state index < -0.39 is 0 Å². The number of hydrogen-bond acceptors (Lipinski definition) is 0. The quantitative estimate of drug-likeness (QED) is 0.214. The molecule has 0 unspecified atom stereocenters. The lowest BCUT2D eigenvalue weighted by molar-refractivity contribution is -0.919. The second-order valence-electron chi connectivity index (χ2n) is 14.3. The highest BCUT2D eigenvalue weighted by atomic mass is 127. The van der Waals surface area contributed by atoms with Crippen molar-refractivity contribution in [3.63, 3.8) is 0 Å². The molecule has 4 saturated heterocycles. The van der Waals surface area contributed by atoms with Gasteiger partial charge in [-0.05, 0) is 78.1 Å². The third-order valence-electron chi connectivity index (χ3n) is 12.2. The van der Waals surface area contributed by atoms with Crippen molar-refractivity contribution in [2.45, 2.75) is 91.9 Å². The Kier molecular flexibility index (Phi) is 17.1. The number of halogens is 2. The maximum atomic E-state index is 2.44. The zero-order valence-corrected chi connectivity index (χ0v) is 31.0. The minimum absolute atomic E-state index is 0. The molecule has 0 aromatic carbocycles. The third-order valence-corrected chi connectivity index (χ3v) is 12.2. The van der Waals surface area contributed by atoms with Gasteiger partial charge < -0.3 is 65.9 Å². The van der Waals surface area contributed by atoms with Crippen molar-refractivity contribution in [2.24, 2.45) is 11.8 Å². The first-order valence-corrected chi connectivity index (χ1v) is 16.6. The van der Waals surface area contributed by atoms with Crippen LogP contribution in [-0.2, 0) is 0 Å². The molecule has 0 aromatic rings. The van der Waals surface area contributed by atoms with Gasteiger partial charge in [0.2, 0.25) is 0 Å². The van der Waals surface area contributed by atoms with Crippen LogP contribution in [-0.4, -0.2) is 124 Å². The molecule has 0 N–H and O–H groups in total. The summed E-state index contributed by atoms with van der Waals surface area (Å²) in [7, 11) is 4.88. The molecule has 4 aliphatic heterocycles. The Labute approximate surface area is 273 Å². The summed E-state index contributed by atoms with van der Waals surface area (Å²) in [5.41, 5.74) is 0. The SMILES string of the molecule is CC[N+]1(C)CCC(CC[N+]2(CC)CCCC2)CC1.CC[N+]1(C)CCC(CC[N+]2(CC)CCCC2)CC1.[I-].[I-]. The highest BCUT2D eigenvalue weighted by Crippen LogP contribution is 2.29. The first kappa shape index (κ1) is 37.3. The van der Waals surface area contributed by atoms with E-state index >= 15 is 0 Å². The van der Waals surface area contributed by atoms with Crippen molar-refractivity contribution in [1.29, 1.82) is 0 Å². The van der Waals surface area contributed by atoms with E-state index in [1.165, 1.54) is 174 Å². The molecule has 4 rings (SSSR count). The zero-order valence-electron chi connectivity index (χ0n) is 26.7. The molecule has 38 heavy (non-hydrogen) atoms. The van der Waals surface area contributed by atoms with E-state index in [1.807, 2.05) is 0 Å². The van der Waals surface area contributed by atoms with Crippen molar-refractivity contribution in [3.8, 4) is 0 Å². The predicted molar refractivity (Wildman–Crippen MR) is 157 cm³/mol. The van der Waals surface area contributed by atoms with Gasteiger partial charge in [-0.15, -0.1) is 0 Å². The lowest BCUT2D eigenvalue weighted by atomic mass is 9.91. The van der Waals surface area contributed by atoms with Crippen LogP contribution in [0, 0.1) is 11.8 Å². The zero-order chi connectivity index (χ0) is 26.1. The molecule has 0 amide bonds. The summed E-state index contributed by atoms with van der Waals surface area (Å²) in [4.78, 5) is 0. The maximum absolute atomic E-state index is 2.44. The standard InChI is InChI=1S/2C16H34N2.2HI/c2*1-4-17(3)13-8-16(9-14-17)10-15-18(5-2)11-6-7-12-18;;/h2*16H,4-15H2,1-3H3;2*1H/q2*+2;;/p-2. The molecule has 0 atom stereocenters. The molecule has 0 bridgehead atoms. The molecule has 0 radical (unpaired) electrons. The van der Waals surface area contributed by atoms with Gasteiger partial charge in [0.25, 0.3) is 0 Å². The molecule has 4 heterocycles. The molecule has 4 fully saturated rings. The maximum Gasteiger partial charge on any atom is 0.0789 e. The second kappa shape index (κ2) is 17.4. The minimum atomic E-state index is 0. The van der Waals surface area contributed by atoms with Crippen LogP contribution in [0.3, 0.4) is 0 Å². The Bertz CT molecular complexity index is 561. The Balaban J connectivity index is 0.000000361. The average molecular weight is 763 g/mol. The normalized spacial score (nSPS) is 33.9. The number of piperidine rings is 2. The second-order valence-corrected chi connectivity index (χ2v) is 14.3. The predicted octanol–water partition coefficient (Wildman–Crippen LogP) is -0.225. The summed E-state index contributed by atoms with van der Waals surface area (Å²) in [5, 5.41) is 0. The molecule has 0 aliphatic carbocycles. The highest BCUT2D eigenvalue weighted by Gasteiger charge is 2.35. The largest absolute Gasteiger partial charge is 1.00 e. The Hall–Kier alpha value is 1.30. The van der Waals surface area contributed by atoms with Gasteiger partial charge in [0, 0.05) is 25.7 Å². The van der Waals surface area contributed by atoms with E-state index in [1.54, 1.807) is 0 Å². The van der Waals surface area contributed by atoms with Gasteiger partial charge in [0.1, 0.15) is 0 Å². The van der Waals surface area contributed by atoms with Gasteiger partial charge in [-0.1, -0.05) is 0 Å². The number of likely N-dealkylation sites (tertiary alicyclic amines) is 4. The minimum Gasteiger partial charge on any atom is -1.00 e. The molecule has 6 heteroatoms. The first-order chi connectivity index (χ1) is 17.2. The first-order valence-electron chi connectivity index (χ1n) is 16.6. The van der Waals surface area contributed by atoms with Gasteiger partial charge in [-0.25, -0.2) is 0 Å². The molecule has 4 aliphatic rings. The van der Waals surface area contributed by atoms with E-state index in [0.717, 1.165) is 11.8 Å². The van der Waals surface area contributed by atoms with Crippen LogP contribution in [0.25, 0.3) is 0 Å². The number of hydrogen-bond donors (Lipinski definition) is 0. The molecular weight excluding hydrogens is 694 g/mol. The monoisotopic (exact) mass is 762 g/mol. The van der Waals surface area contributed by atoms with Crippen LogP contribution < -0.4 is 48.0 Å². The molecular formula is C32H68I2N4+2. The summed E-state index contributed by atoms with van der Waals surface area (Å²) in [6.45, 7) is 29.4. The van der Waals surface area contributed by atoms with Crippen LogP contribution in [0.2, 0.25) is 0 Å². The summed E-state index contributed by atoms with van der Waals surface area (Å²) < 4.78 is 5.53. The van der Waals surface area contributed by atoms with Gasteiger partial charge in [-0.2, -0.15) is 0 Å². The van der Waals surface area contributed by atoms with Gasteiger partial charge in [-0.3, -0.25) is 0 Å². The molecule has 228 valence electrons. The van der Waals surface area contributed by atoms with Crippen molar-refractivity contribution in [2.75, 3.05) is 106 Å². The molecule has 0 aromatic heterocycles. The third kappa shape index (κ3) is 10.9. The van der Waals surface area contributed by atoms with E-state index in [2.05, 4.69) is 41.8 Å². The van der Waals surface area contributed by atoms with E-state index in [-0.39, 0.29) is 48.0 Å². The van der Waals surface area contributed by atoms with Gasteiger partial charge in [0.05, 0.1) is 106 Å². The summed E-state index contributed by atoms with van der Waals surface area (Å²) in [5.74, 6) is 2.06. The van der Waals surface area contributed by atoms with Crippen molar-refractivity contribution >= 4 is 0 Å². The molecule has 4 nitrogen and oxygen atoms in total. The fourth-order valence-corrected chi connectivity index (χ4v) is 8.02. The Morgan fingerprint density at radius 2 is 0.737 bits per heavy atom. The van der Waals surface area contributed by atoms with Gasteiger partial charge in [0.15, 0.2) is 0 Å². The van der Waals surface area contributed by atoms with Crippen molar-refractivity contribution < 1.29 is 65.9 Å². The molecule has 0 spiro atoms. The van der Waals surface area contributed by atoms with E-state index in [4.69, 9.17) is 0 Å². The average Bonchev–Trinajstić information content (AvgIpc) is 3.59. The highest BCUT2D eigenvalue weighted by molar-refractivity contribution is 4.67. The Morgan fingerprint density at radius 1 is 0.447 bits per heavy atom. The van der Waals surface area contributed by atoms with Gasteiger partial charge >= 0.3 is 0 Å². The number of nitrogens with zero attached hydrogens (tertiary/aromatic N) is 4. The van der Waals surface area contributed by atoms with Crippen LogP contribution in [0.15, 0.2) is 0 Å². The topological polar surface area (TPSA) is 0 Å². The van der Waals surface area contributed by atoms with Crippen molar-refractivity contribution in [1.82, 2.24) is 0 Å². The van der Waals surface area contributed by atoms with Crippen LogP contribution in [0.4, 0.5) is 0 Å². The molecule has 0 saturated carbocycles. The summed E-state index contributed by atoms with van der Waals surface area (Å²) in [6.07, 6.45) is 14.8. The van der Waals surface area contributed by atoms with E-state index in [9.17, 15) is 0 Å². The fourth-order valence-electron chi connectivity index (χ4n) is 8.02. The smallest absolute Gasteiger partial charge is 0.0789 e. The van der Waals surface area contributed by atoms with Crippen LogP contribution in [0.5, 0.6) is 0 Å². The number of quaternary nitrogens is 4. The van der Waals surface area contributed by atoms with Crippen LogP contribution >= 0.6 is 0 Å². The summed E-state index contributed by atoms with van der Waals surface area (Å²) >= 11 is 0. The number of rotatable bonds is 10. The lowest BCUT2D eigenvalue weighted by Gasteiger charge is -2.41.